The van der Waals surface area contributed by atoms with Crippen LogP contribution in [0, 0.1) is 11.8 Å². The number of fused-ring (bicyclic) bond motifs is 2. The van der Waals surface area contributed by atoms with Gasteiger partial charge in [0.1, 0.15) is 0 Å². The molecule has 2 aliphatic rings. The zero-order valence-corrected chi connectivity index (χ0v) is 11.2. The van der Waals surface area contributed by atoms with Crippen molar-refractivity contribution in [3.05, 3.63) is 5.32 Å². The first kappa shape index (κ1) is 8.86. The molecular weight excluding hydrogens is 184 g/mol. The first-order chi connectivity index (χ1) is 3.86. The van der Waals surface area contributed by atoms with E-state index in [2.05, 4.69) is 12.2 Å². The van der Waals surface area contributed by atoms with Gasteiger partial charge in [0, 0.05) is 0 Å². The van der Waals surface area contributed by atoms with Gasteiger partial charge in [-0.15, -0.1) is 12.6 Å². The van der Waals surface area contributed by atoms with Crippen LogP contribution >= 0.6 is 0 Å². The van der Waals surface area contributed by atoms with Crippen LogP contribution in [0.3, 0.4) is 0 Å². The predicted octanol–water partition coefficient (Wildman–Crippen LogP) is -1.21. The van der Waals surface area contributed by atoms with Crippen molar-refractivity contribution in [1.82, 2.24) is 0 Å². The van der Waals surface area contributed by atoms with E-state index in [0.717, 1.165) is 17.9 Å². The Morgan fingerprint density at radius 2 is 2.11 bits per heavy atom. The third-order valence-electron chi connectivity index (χ3n) is 2.62. The summed E-state index contributed by atoms with van der Waals surface area (Å²) in [5.41, 5.74) is 0. The summed E-state index contributed by atoms with van der Waals surface area (Å²) >= 11 is 0. The molecule has 1 heterocycles. The Balaban J connectivity index is 0.000000405. The number of nitrogens with zero attached hydrogens (tertiary/aromatic N) is 1. The zero-order valence-electron chi connectivity index (χ0n) is 6.30. The standard InChI is InChI=1S/C7H12N.Rb/c1-5-2-7-3-6(5)4-8-7;/h5-7H,2-4H2,1H3;/q-1;+1/t5-,6?,7?;/m0./s1. The van der Waals surface area contributed by atoms with Crippen LogP contribution in [0.5, 0.6) is 0 Å². The van der Waals surface area contributed by atoms with E-state index < -0.39 is 0 Å². The van der Waals surface area contributed by atoms with Crippen molar-refractivity contribution in [3.8, 4) is 0 Å². The Labute approximate surface area is 106 Å². The monoisotopic (exact) mass is 195 g/mol. The molecule has 2 rings (SSSR count). The second-order valence-electron chi connectivity index (χ2n) is 3.23. The summed E-state index contributed by atoms with van der Waals surface area (Å²) in [7, 11) is 0. The first-order valence-corrected chi connectivity index (χ1v) is 3.53. The molecule has 9 heavy (non-hydrogen) atoms. The zero-order chi connectivity index (χ0) is 5.56. The average molecular weight is 196 g/mol. The number of hydrogen-bond acceptors (Lipinski definition) is 0. The maximum absolute atomic E-state index is 4.45. The van der Waals surface area contributed by atoms with E-state index in [1.54, 1.807) is 0 Å². The molecule has 0 radical (unpaired) electrons. The van der Waals surface area contributed by atoms with E-state index in [0.29, 0.717) is 0 Å². The van der Waals surface area contributed by atoms with Crippen molar-refractivity contribution in [2.75, 3.05) is 6.54 Å². The molecule has 0 aromatic carbocycles. The second-order valence-corrected chi connectivity index (χ2v) is 3.23. The van der Waals surface area contributed by atoms with Crippen LogP contribution in [-0.4, -0.2) is 12.6 Å². The van der Waals surface area contributed by atoms with Gasteiger partial charge in [0.05, 0.1) is 0 Å². The Morgan fingerprint density at radius 3 is 2.33 bits per heavy atom. The van der Waals surface area contributed by atoms with Crippen LogP contribution in [0.15, 0.2) is 0 Å². The average Bonchev–Trinajstić information content (AvgIpc) is 2.23. The number of piperidine rings is 1. The SMILES string of the molecule is C[C@H]1CC2CC1C[N-]2.[Rb+]. The van der Waals surface area contributed by atoms with Crippen LogP contribution in [0.25, 0.3) is 5.32 Å². The second kappa shape index (κ2) is 3.44. The van der Waals surface area contributed by atoms with Gasteiger partial charge >= 0.3 is 58.2 Å². The van der Waals surface area contributed by atoms with Crippen LogP contribution in [-0.2, 0) is 0 Å². The fourth-order valence-electron chi connectivity index (χ4n) is 1.99. The molecule has 2 unspecified atom stereocenters. The van der Waals surface area contributed by atoms with Crippen LogP contribution in [0.4, 0.5) is 0 Å². The van der Waals surface area contributed by atoms with Crippen molar-refractivity contribution in [1.29, 1.82) is 0 Å². The summed E-state index contributed by atoms with van der Waals surface area (Å²) in [6.45, 7) is 3.53. The largest absolute Gasteiger partial charge is 1.00 e. The third-order valence-corrected chi connectivity index (χ3v) is 2.62. The summed E-state index contributed by atoms with van der Waals surface area (Å²) in [5.74, 6) is 1.96. The van der Waals surface area contributed by atoms with Gasteiger partial charge in [-0.25, -0.2) is 0 Å². The fraction of sp³-hybridized carbons (Fsp3) is 1.00. The van der Waals surface area contributed by atoms with E-state index in [9.17, 15) is 0 Å². The van der Waals surface area contributed by atoms with Gasteiger partial charge in [0.25, 0.3) is 0 Å². The molecule has 1 nitrogen and oxygen atoms in total. The van der Waals surface area contributed by atoms with Gasteiger partial charge < -0.3 is 5.32 Å². The summed E-state index contributed by atoms with van der Waals surface area (Å²) in [5, 5.41) is 4.45. The molecule has 46 valence electrons. The number of hydrogen-bond donors (Lipinski definition) is 0. The molecule has 2 fully saturated rings. The normalized spacial score (nSPS) is 47.0. The summed E-state index contributed by atoms with van der Waals surface area (Å²) in [4.78, 5) is 0. The molecule has 0 amide bonds. The molecule has 3 atom stereocenters. The molecule has 2 bridgehead atoms. The van der Waals surface area contributed by atoms with Crippen molar-refractivity contribution in [3.63, 3.8) is 0 Å². The Morgan fingerprint density at radius 1 is 1.33 bits per heavy atom. The smallest absolute Gasteiger partial charge is 0.659 e. The topological polar surface area (TPSA) is 14.1 Å². The quantitative estimate of drug-likeness (QED) is 0.461. The maximum atomic E-state index is 4.45. The van der Waals surface area contributed by atoms with E-state index in [-0.39, 0.29) is 58.2 Å². The van der Waals surface area contributed by atoms with Crippen molar-refractivity contribution in [2.24, 2.45) is 11.8 Å². The summed E-state index contributed by atoms with van der Waals surface area (Å²) < 4.78 is 0. The molecule has 0 aromatic rings. The van der Waals surface area contributed by atoms with Gasteiger partial charge in [-0.05, 0) is 5.92 Å². The minimum Gasteiger partial charge on any atom is -0.659 e. The van der Waals surface area contributed by atoms with Crippen LogP contribution in [0.2, 0.25) is 0 Å². The molecular formula is C7H12NRb. The van der Waals surface area contributed by atoms with Crippen LogP contribution < -0.4 is 58.2 Å². The maximum Gasteiger partial charge on any atom is 1.00 e. The molecule has 0 spiro atoms. The minimum atomic E-state index is 0. The van der Waals surface area contributed by atoms with Gasteiger partial charge in [0.15, 0.2) is 0 Å². The van der Waals surface area contributed by atoms with E-state index in [4.69, 9.17) is 0 Å². The summed E-state index contributed by atoms with van der Waals surface area (Å²) in [6, 6.07) is 0.773. The predicted molar refractivity (Wildman–Crippen MR) is 33.9 cm³/mol. The van der Waals surface area contributed by atoms with Crippen LogP contribution in [0.1, 0.15) is 19.8 Å². The molecule has 0 N–H and O–H groups in total. The first-order valence-electron chi connectivity index (χ1n) is 3.53. The van der Waals surface area contributed by atoms with Gasteiger partial charge in [0.2, 0.25) is 0 Å². The fourth-order valence-corrected chi connectivity index (χ4v) is 1.99. The van der Waals surface area contributed by atoms with Gasteiger partial charge in [-0.1, -0.05) is 25.7 Å². The molecule has 1 aliphatic carbocycles. The third kappa shape index (κ3) is 1.67. The Hall–Kier alpha value is 1.77. The van der Waals surface area contributed by atoms with Crippen molar-refractivity contribution < 1.29 is 58.2 Å². The summed E-state index contributed by atoms with van der Waals surface area (Å²) in [6.07, 6.45) is 2.78. The van der Waals surface area contributed by atoms with Gasteiger partial charge in [-0.3, -0.25) is 0 Å². The Kier molecular flexibility index (Phi) is 3.39. The van der Waals surface area contributed by atoms with E-state index >= 15 is 0 Å². The molecule has 1 saturated heterocycles. The van der Waals surface area contributed by atoms with Crippen molar-refractivity contribution >= 4 is 0 Å². The molecule has 1 aliphatic heterocycles. The van der Waals surface area contributed by atoms with Gasteiger partial charge in [-0.2, -0.15) is 0 Å². The van der Waals surface area contributed by atoms with E-state index in [1.165, 1.54) is 19.4 Å². The Bertz CT molecular complexity index is 103. The minimum absolute atomic E-state index is 0. The molecule has 2 heteroatoms. The number of rotatable bonds is 0. The van der Waals surface area contributed by atoms with Crippen molar-refractivity contribution in [2.45, 2.75) is 25.8 Å². The van der Waals surface area contributed by atoms with E-state index in [1.807, 2.05) is 0 Å². The molecule has 1 saturated carbocycles. The molecule has 0 aromatic heterocycles.